The molecule has 0 aromatic heterocycles. The highest BCUT2D eigenvalue weighted by Gasteiger charge is 2.38. The third kappa shape index (κ3) is 4.54. The van der Waals surface area contributed by atoms with Crippen LogP contribution in [-0.4, -0.2) is 45.7 Å². The number of Topliss-reactive ketones (excluding diaryl/α,β-unsaturated/α-hetero) is 1. The summed E-state index contributed by atoms with van der Waals surface area (Å²) in [6.07, 6.45) is 1.66. The topological polar surface area (TPSA) is 107 Å². The van der Waals surface area contributed by atoms with E-state index in [-0.39, 0.29) is 24.6 Å². The zero-order valence-corrected chi connectivity index (χ0v) is 20.9. The van der Waals surface area contributed by atoms with Crippen LogP contribution in [0.5, 0.6) is 28.7 Å². The lowest BCUT2D eigenvalue weighted by Crippen LogP contribution is -2.21. The van der Waals surface area contributed by atoms with Crippen LogP contribution >= 0.6 is 0 Å². The van der Waals surface area contributed by atoms with E-state index in [1.807, 2.05) is 18.2 Å². The number of para-hydroxylation sites is 1. The fourth-order valence-corrected chi connectivity index (χ4v) is 4.53. The zero-order chi connectivity index (χ0) is 26.8. The van der Waals surface area contributed by atoms with Crippen molar-refractivity contribution in [3.8, 4) is 28.7 Å². The number of fused-ring (bicyclic) bond motifs is 3. The first kappa shape index (κ1) is 24.9. The lowest BCUT2D eigenvalue weighted by molar-refractivity contribution is -0.143. The van der Waals surface area contributed by atoms with Crippen LogP contribution in [0.3, 0.4) is 0 Å². The SMILES string of the molecule is COC(=O)COc1ccc(C2CC(=O)Oc3ccc4c(c32)O/C(=C\c2ccccc2OC)C4=O)cc1OC. The normalized spacial score (nSPS) is 16.7. The Hall–Kier alpha value is -4.79. The van der Waals surface area contributed by atoms with Crippen LogP contribution in [0.25, 0.3) is 6.08 Å². The van der Waals surface area contributed by atoms with Gasteiger partial charge < -0.3 is 28.4 Å². The summed E-state index contributed by atoms with van der Waals surface area (Å²) in [4.78, 5) is 37.3. The standard InChI is InChI=1S/C29H24O9/c1-33-20-7-5-4-6-17(20)13-24-28(32)18-9-11-22-27(29(18)38-24)19(14-25(30)37-22)16-8-10-21(23(12-16)34-2)36-15-26(31)35-3/h4-13,19H,14-15H2,1-3H3/b24-13-. The van der Waals surface area contributed by atoms with Crippen molar-refractivity contribution in [2.75, 3.05) is 27.9 Å². The number of esters is 2. The highest BCUT2D eigenvalue weighted by molar-refractivity contribution is 6.15. The average molecular weight is 517 g/mol. The number of allylic oxidation sites excluding steroid dienone is 1. The summed E-state index contributed by atoms with van der Waals surface area (Å²) in [6, 6.07) is 15.6. The molecule has 5 rings (SSSR count). The van der Waals surface area contributed by atoms with E-state index in [0.29, 0.717) is 45.4 Å². The minimum absolute atomic E-state index is 0.0259. The lowest BCUT2D eigenvalue weighted by Gasteiger charge is -2.26. The molecule has 0 amide bonds. The third-order valence-electron chi connectivity index (χ3n) is 6.37. The van der Waals surface area contributed by atoms with Crippen molar-refractivity contribution in [3.05, 3.63) is 82.6 Å². The first-order chi connectivity index (χ1) is 18.4. The average Bonchev–Trinajstić information content (AvgIpc) is 3.26. The molecule has 194 valence electrons. The second kappa shape index (κ2) is 10.3. The van der Waals surface area contributed by atoms with Crippen LogP contribution in [0, 0.1) is 0 Å². The zero-order valence-electron chi connectivity index (χ0n) is 20.9. The van der Waals surface area contributed by atoms with Crippen LogP contribution in [-0.2, 0) is 14.3 Å². The van der Waals surface area contributed by atoms with Crippen molar-refractivity contribution in [1.82, 2.24) is 0 Å². The van der Waals surface area contributed by atoms with Gasteiger partial charge in [0.15, 0.2) is 23.9 Å². The first-order valence-corrected chi connectivity index (χ1v) is 11.8. The fourth-order valence-electron chi connectivity index (χ4n) is 4.53. The molecular formula is C29H24O9. The molecule has 0 spiro atoms. The molecule has 2 heterocycles. The summed E-state index contributed by atoms with van der Waals surface area (Å²) in [6.45, 7) is -0.282. The Morgan fingerprint density at radius 3 is 2.50 bits per heavy atom. The van der Waals surface area contributed by atoms with Crippen LogP contribution in [0.1, 0.15) is 39.4 Å². The van der Waals surface area contributed by atoms with E-state index >= 15 is 0 Å². The van der Waals surface area contributed by atoms with Gasteiger partial charge >= 0.3 is 11.9 Å². The van der Waals surface area contributed by atoms with E-state index in [0.717, 1.165) is 5.56 Å². The van der Waals surface area contributed by atoms with E-state index in [9.17, 15) is 14.4 Å². The number of ketones is 1. The van der Waals surface area contributed by atoms with Gasteiger partial charge in [-0.3, -0.25) is 9.59 Å². The van der Waals surface area contributed by atoms with Gasteiger partial charge in [0.05, 0.1) is 33.3 Å². The highest BCUT2D eigenvalue weighted by Crippen LogP contribution is 2.50. The van der Waals surface area contributed by atoms with Gasteiger partial charge in [0.2, 0.25) is 5.78 Å². The lowest BCUT2D eigenvalue weighted by atomic mass is 9.84. The van der Waals surface area contributed by atoms with Crippen molar-refractivity contribution in [2.24, 2.45) is 0 Å². The van der Waals surface area contributed by atoms with Gasteiger partial charge in [0, 0.05) is 17.0 Å². The summed E-state index contributed by atoms with van der Waals surface area (Å²) in [5, 5.41) is 0. The Morgan fingerprint density at radius 2 is 1.74 bits per heavy atom. The smallest absolute Gasteiger partial charge is 0.343 e. The molecule has 0 fully saturated rings. The van der Waals surface area contributed by atoms with Crippen LogP contribution < -0.4 is 23.7 Å². The summed E-state index contributed by atoms with van der Waals surface area (Å²) in [5.41, 5.74) is 2.37. The largest absolute Gasteiger partial charge is 0.496 e. The summed E-state index contributed by atoms with van der Waals surface area (Å²) in [7, 11) is 4.30. The van der Waals surface area contributed by atoms with Crippen LogP contribution in [0.4, 0.5) is 0 Å². The Balaban J connectivity index is 1.54. The van der Waals surface area contributed by atoms with E-state index in [2.05, 4.69) is 4.74 Å². The van der Waals surface area contributed by atoms with Gasteiger partial charge in [-0.2, -0.15) is 0 Å². The number of hydrogen-bond acceptors (Lipinski definition) is 9. The number of hydrogen-bond donors (Lipinski definition) is 0. The van der Waals surface area contributed by atoms with E-state index in [4.69, 9.17) is 23.7 Å². The maximum absolute atomic E-state index is 13.3. The molecule has 0 radical (unpaired) electrons. The Morgan fingerprint density at radius 1 is 0.947 bits per heavy atom. The molecule has 3 aromatic rings. The Labute approximate surface area is 218 Å². The van der Waals surface area contributed by atoms with Gasteiger partial charge in [-0.1, -0.05) is 24.3 Å². The minimum atomic E-state index is -0.533. The molecule has 2 aliphatic heterocycles. The number of carbonyl (C=O) groups excluding carboxylic acids is 3. The molecule has 0 saturated carbocycles. The maximum atomic E-state index is 13.3. The number of carbonyl (C=O) groups is 3. The second-order valence-electron chi connectivity index (χ2n) is 8.54. The molecule has 2 aliphatic rings. The van der Waals surface area contributed by atoms with Crippen LogP contribution in [0.15, 0.2) is 60.4 Å². The monoisotopic (exact) mass is 516 g/mol. The fraction of sp³-hybridized carbons (Fsp3) is 0.207. The van der Waals surface area contributed by atoms with Crippen molar-refractivity contribution < 1.29 is 42.8 Å². The molecule has 9 heteroatoms. The highest BCUT2D eigenvalue weighted by atomic mass is 16.6. The predicted molar refractivity (Wildman–Crippen MR) is 135 cm³/mol. The molecule has 9 nitrogen and oxygen atoms in total. The van der Waals surface area contributed by atoms with Gasteiger partial charge in [0.1, 0.15) is 17.2 Å². The van der Waals surface area contributed by atoms with Crippen molar-refractivity contribution in [1.29, 1.82) is 0 Å². The van der Waals surface area contributed by atoms with Gasteiger partial charge in [-0.15, -0.1) is 0 Å². The van der Waals surface area contributed by atoms with Gasteiger partial charge in [-0.05, 0) is 42.0 Å². The first-order valence-electron chi connectivity index (χ1n) is 11.8. The summed E-state index contributed by atoms with van der Waals surface area (Å²) < 4.78 is 32.6. The van der Waals surface area contributed by atoms with Crippen molar-refractivity contribution >= 4 is 23.8 Å². The molecule has 1 unspecified atom stereocenters. The molecule has 0 saturated heterocycles. The molecule has 3 aromatic carbocycles. The summed E-state index contributed by atoms with van der Waals surface area (Å²) >= 11 is 0. The van der Waals surface area contributed by atoms with E-state index in [1.165, 1.54) is 14.2 Å². The maximum Gasteiger partial charge on any atom is 0.343 e. The Kier molecular flexibility index (Phi) is 6.74. The van der Waals surface area contributed by atoms with Gasteiger partial charge in [-0.25, -0.2) is 4.79 Å². The molecule has 0 aliphatic carbocycles. The van der Waals surface area contributed by atoms with Gasteiger partial charge in [0.25, 0.3) is 0 Å². The third-order valence-corrected chi connectivity index (χ3v) is 6.37. The Bertz CT molecular complexity index is 1470. The predicted octanol–water partition coefficient (Wildman–Crippen LogP) is 4.31. The van der Waals surface area contributed by atoms with E-state index < -0.39 is 17.9 Å². The van der Waals surface area contributed by atoms with Crippen molar-refractivity contribution in [2.45, 2.75) is 12.3 Å². The molecular weight excluding hydrogens is 492 g/mol. The van der Waals surface area contributed by atoms with Crippen molar-refractivity contribution in [3.63, 3.8) is 0 Å². The quantitative estimate of drug-likeness (QED) is 0.258. The molecule has 0 N–H and O–H groups in total. The number of methoxy groups -OCH3 is 3. The minimum Gasteiger partial charge on any atom is -0.496 e. The number of ether oxygens (including phenoxy) is 6. The van der Waals surface area contributed by atoms with E-state index in [1.54, 1.807) is 49.6 Å². The summed E-state index contributed by atoms with van der Waals surface area (Å²) in [5.74, 6) is 0.394. The number of rotatable bonds is 7. The molecule has 38 heavy (non-hydrogen) atoms. The van der Waals surface area contributed by atoms with Crippen LogP contribution in [0.2, 0.25) is 0 Å². The molecule has 0 bridgehead atoms. The second-order valence-corrected chi connectivity index (χ2v) is 8.54. The number of benzene rings is 3. The molecule has 1 atom stereocenters.